The molecule has 0 bridgehead atoms. The van der Waals surface area contributed by atoms with Gasteiger partial charge in [0.2, 0.25) is 11.9 Å². The summed E-state index contributed by atoms with van der Waals surface area (Å²) >= 11 is 5.87. The standard InChI is InChI=1S/C16H24ClN6O5P/c1-9(2)14(24)20-16-19-13-12(15(25)21-16)18-8-23(13)11-6-5-10(28-11)7-27-29(17,26)22(3)4/h8-11H,5-7H2,1-4H3,(H2,19,20,21,24,25)/t10?,11-,29?/m1/s1. The summed E-state index contributed by atoms with van der Waals surface area (Å²) in [6.45, 7) is 0.187. The van der Waals surface area contributed by atoms with Gasteiger partial charge in [0.25, 0.3) is 5.56 Å². The fourth-order valence-electron chi connectivity index (χ4n) is 2.76. The molecule has 1 saturated heterocycles. The molecule has 0 saturated carbocycles. The van der Waals surface area contributed by atoms with Crippen LogP contribution in [0.2, 0.25) is 0 Å². The molecule has 11 nitrogen and oxygen atoms in total. The van der Waals surface area contributed by atoms with Gasteiger partial charge >= 0.3 is 6.87 Å². The third kappa shape index (κ3) is 4.87. The Morgan fingerprint density at radius 2 is 2.24 bits per heavy atom. The quantitative estimate of drug-likeness (QED) is 0.619. The Bertz CT molecular complexity index is 1010. The van der Waals surface area contributed by atoms with E-state index in [-0.39, 0.29) is 36.0 Å². The van der Waals surface area contributed by atoms with Gasteiger partial charge in [0.15, 0.2) is 11.2 Å². The summed E-state index contributed by atoms with van der Waals surface area (Å²) in [5.41, 5.74) is -0.0101. The van der Waals surface area contributed by atoms with Crippen LogP contribution in [-0.4, -0.2) is 56.9 Å². The number of H-pyrrole nitrogens is 1. The zero-order valence-electron chi connectivity index (χ0n) is 16.6. The maximum Gasteiger partial charge on any atom is 0.362 e. The van der Waals surface area contributed by atoms with E-state index in [1.165, 1.54) is 11.0 Å². The van der Waals surface area contributed by atoms with Gasteiger partial charge in [-0.1, -0.05) is 13.8 Å². The first-order valence-corrected chi connectivity index (χ1v) is 11.6. The molecule has 3 rings (SSSR count). The first-order chi connectivity index (χ1) is 13.6. The van der Waals surface area contributed by atoms with Crippen molar-refractivity contribution in [2.75, 3.05) is 26.0 Å². The molecule has 2 unspecified atom stereocenters. The lowest BCUT2D eigenvalue weighted by atomic mass is 10.2. The molecule has 0 aliphatic carbocycles. The molecule has 1 aliphatic rings. The molecule has 3 heterocycles. The lowest BCUT2D eigenvalue weighted by Gasteiger charge is -2.20. The Kier molecular flexibility index (Phi) is 6.45. The van der Waals surface area contributed by atoms with Crippen molar-refractivity contribution in [3.63, 3.8) is 0 Å². The first-order valence-electron chi connectivity index (χ1n) is 9.13. The highest BCUT2D eigenvalue weighted by atomic mass is 35.7. The van der Waals surface area contributed by atoms with Crippen molar-refractivity contribution in [2.24, 2.45) is 5.92 Å². The molecule has 0 radical (unpaired) electrons. The van der Waals surface area contributed by atoms with Crippen LogP contribution in [0.25, 0.3) is 11.2 Å². The van der Waals surface area contributed by atoms with Gasteiger partial charge in [0.1, 0.15) is 6.23 Å². The summed E-state index contributed by atoms with van der Waals surface area (Å²) in [5.74, 6) is -0.478. The highest BCUT2D eigenvalue weighted by Crippen LogP contribution is 2.54. The molecular formula is C16H24ClN6O5P. The molecule has 160 valence electrons. The number of halogens is 1. The Morgan fingerprint density at radius 3 is 2.90 bits per heavy atom. The number of ether oxygens (including phenoxy) is 1. The number of imidazole rings is 1. The SMILES string of the molecule is CC(C)C(=O)Nc1nc2c(ncn2[C@H]2CCC(COP(=O)(Cl)N(C)C)O2)c(=O)[nH]1. The average Bonchev–Trinajstić information content (AvgIpc) is 3.26. The van der Waals surface area contributed by atoms with Crippen LogP contribution in [0.5, 0.6) is 0 Å². The minimum atomic E-state index is -3.36. The van der Waals surface area contributed by atoms with Crippen molar-refractivity contribution in [2.45, 2.75) is 39.0 Å². The van der Waals surface area contributed by atoms with Gasteiger partial charge in [-0.2, -0.15) is 4.98 Å². The number of amides is 1. The van der Waals surface area contributed by atoms with Crippen LogP contribution in [0.15, 0.2) is 11.1 Å². The van der Waals surface area contributed by atoms with Crippen LogP contribution < -0.4 is 10.9 Å². The summed E-state index contributed by atoms with van der Waals surface area (Å²) in [5, 5.41) is 2.58. The minimum Gasteiger partial charge on any atom is -0.352 e. The average molecular weight is 447 g/mol. The number of hydrogen-bond donors (Lipinski definition) is 2. The van der Waals surface area contributed by atoms with Crippen molar-refractivity contribution in [1.82, 2.24) is 24.2 Å². The molecule has 0 aromatic carbocycles. The topological polar surface area (TPSA) is 131 Å². The number of carbonyl (C=O) groups is 1. The van der Waals surface area contributed by atoms with Crippen LogP contribution in [-0.2, 0) is 18.6 Å². The summed E-state index contributed by atoms with van der Waals surface area (Å²) in [7, 11) is 3.14. The second kappa shape index (κ2) is 8.53. The summed E-state index contributed by atoms with van der Waals surface area (Å²) < 4.78 is 26.3. The van der Waals surface area contributed by atoms with Crippen molar-refractivity contribution in [3.8, 4) is 0 Å². The zero-order valence-corrected chi connectivity index (χ0v) is 18.2. The predicted molar refractivity (Wildman–Crippen MR) is 108 cm³/mol. The molecule has 3 atom stereocenters. The van der Waals surface area contributed by atoms with Gasteiger partial charge in [0.05, 0.1) is 19.0 Å². The molecule has 1 fully saturated rings. The van der Waals surface area contributed by atoms with Crippen LogP contribution in [0.4, 0.5) is 5.95 Å². The van der Waals surface area contributed by atoms with E-state index in [9.17, 15) is 14.2 Å². The van der Waals surface area contributed by atoms with E-state index < -0.39 is 18.7 Å². The molecular weight excluding hydrogens is 423 g/mol. The van der Waals surface area contributed by atoms with E-state index in [0.717, 1.165) is 0 Å². The zero-order chi connectivity index (χ0) is 21.3. The second-order valence-electron chi connectivity index (χ2n) is 7.27. The van der Waals surface area contributed by atoms with E-state index >= 15 is 0 Å². The molecule has 2 aromatic heterocycles. The van der Waals surface area contributed by atoms with Crippen LogP contribution in [0, 0.1) is 5.92 Å². The normalized spacial score (nSPS) is 21.8. The van der Waals surface area contributed by atoms with Gasteiger partial charge in [-0.05, 0) is 38.2 Å². The number of nitrogens with one attached hydrogen (secondary N) is 2. The maximum atomic E-state index is 12.3. The Balaban J connectivity index is 1.76. The van der Waals surface area contributed by atoms with Gasteiger partial charge in [0, 0.05) is 5.92 Å². The molecule has 2 aromatic rings. The highest BCUT2D eigenvalue weighted by molar-refractivity contribution is 7.83. The van der Waals surface area contributed by atoms with E-state index in [0.29, 0.717) is 18.5 Å². The number of carbonyl (C=O) groups excluding carboxylic acids is 1. The monoisotopic (exact) mass is 446 g/mol. The van der Waals surface area contributed by atoms with Crippen molar-refractivity contribution >= 4 is 41.1 Å². The first kappa shape index (κ1) is 21.9. The summed E-state index contributed by atoms with van der Waals surface area (Å²) in [6, 6.07) is 0. The molecule has 29 heavy (non-hydrogen) atoms. The number of hydrogen-bond acceptors (Lipinski definition) is 7. The number of rotatable bonds is 7. The van der Waals surface area contributed by atoms with Gasteiger partial charge < -0.3 is 9.26 Å². The molecule has 1 amide bonds. The number of nitrogens with zero attached hydrogens (tertiary/aromatic N) is 4. The maximum absolute atomic E-state index is 12.3. The summed E-state index contributed by atoms with van der Waals surface area (Å²) in [4.78, 5) is 35.1. The fourth-order valence-corrected chi connectivity index (χ4v) is 3.51. The Hall–Kier alpha value is -1.78. The van der Waals surface area contributed by atoms with Crippen LogP contribution in [0.3, 0.4) is 0 Å². The van der Waals surface area contributed by atoms with Crippen LogP contribution in [0.1, 0.15) is 32.9 Å². The Morgan fingerprint density at radius 1 is 1.52 bits per heavy atom. The van der Waals surface area contributed by atoms with E-state index in [4.69, 9.17) is 20.5 Å². The number of anilines is 1. The number of aromatic nitrogens is 4. The molecule has 1 aliphatic heterocycles. The van der Waals surface area contributed by atoms with Crippen LogP contribution >= 0.6 is 18.1 Å². The van der Waals surface area contributed by atoms with E-state index in [2.05, 4.69) is 20.3 Å². The Labute approximate surface area is 172 Å². The van der Waals surface area contributed by atoms with Crippen molar-refractivity contribution in [3.05, 3.63) is 16.7 Å². The summed E-state index contributed by atoms with van der Waals surface area (Å²) in [6.07, 6.45) is 2.00. The lowest BCUT2D eigenvalue weighted by molar-refractivity contribution is -0.118. The molecule has 0 spiro atoms. The third-order valence-corrected chi connectivity index (χ3v) is 7.11. The highest BCUT2D eigenvalue weighted by Gasteiger charge is 2.31. The number of fused-ring (bicyclic) bond motifs is 1. The van der Waals surface area contributed by atoms with Crippen molar-refractivity contribution in [1.29, 1.82) is 0 Å². The van der Waals surface area contributed by atoms with Crippen molar-refractivity contribution < 1.29 is 18.6 Å². The predicted octanol–water partition coefficient (Wildman–Crippen LogP) is 2.32. The lowest BCUT2D eigenvalue weighted by Crippen LogP contribution is -2.22. The van der Waals surface area contributed by atoms with E-state index in [1.54, 1.807) is 32.5 Å². The van der Waals surface area contributed by atoms with Gasteiger partial charge in [-0.25, -0.2) is 9.65 Å². The molecule has 2 N–H and O–H groups in total. The van der Waals surface area contributed by atoms with Gasteiger partial charge in [-0.15, -0.1) is 0 Å². The largest absolute Gasteiger partial charge is 0.362 e. The fraction of sp³-hybridized carbons (Fsp3) is 0.625. The van der Waals surface area contributed by atoms with Gasteiger partial charge in [-0.3, -0.25) is 29.0 Å². The second-order valence-corrected chi connectivity index (χ2v) is 10.5. The smallest absolute Gasteiger partial charge is 0.352 e. The minimum absolute atomic E-state index is 0.0508. The van der Waals surface area contributed by atoms with E-state index in [1.807, 2.05) is 0 Å². The third-order valence-electron chi connectivity index (χ3n) is 4.49. The molecule has 13 heteroatoms. The number of aromatic amines is 1.